The van der Waals surface area contributed by atoms with E-state index in [0.29, 0.717) is 10.6 Å². The van der Waals surface area contributed by atoms with Gasteiger partial charge in [-0.3, -0.25) is 14.7 Å². The summed E-state index contributed by atoms with van der Waals surface area (Å²) in [4.78, 5) is 19.5. The lowest BCUT2D eigenvalue weighted by Crippen LogP contribution is -2.53. The molecular weight excluding hydrogens is 334 g/mol. The van der Waals surface area contributed by atoms with Crippen LogP contribution < -0.4 is 5.32 Å². The van der Waals surface area contributed by atoms with E-state index in [1.807, 2.05) is 49.5 Å². The maximum atomic E-state index is 12.7. The zero-order valence-electron chi connectivity index (χ0n) is 14.7. The van der Waals surface area contributed by atoms with E-state index in [2.05, 4.69) is 22.1 Å². The molecule has 1 aliphatic heterocycles. The zero-order chi connectivity index (χ0) is 17.8. The normalized spacial score (nSPS) is 21.1. The number of likely N-dealkylation sites (tertiary alicyclic amines) is 1. The Kier molecular flexibility index (Phi) is 5.71. The monoisotopic (exact) mass is 357 g/mol. The number of carbonyl (C=O) groups excluding carboxylic acids is 1. The molecule has 1 amide bonds. The molecule has 2 aromatic rings. The number of halogens is 1. The minimum Gasteiger partial charge on any atom is -0.348 e. The van der Waals surface area contributed by atoms with Crippen molar-refractivity contribution in [1.82, 2.24) is 15.2 Å². The maximum Gasteiger partial charge on any atom is 0.251 e. The van der Waals surface area contributed by atoms with Crippen LogP contribution in [0.2, 0.25) is 5.02 Å². The second-order valence-electron chi connectivity index (χ2n) is 6.67. The van der Waals surface area contributed by atoms with E-state index in [-0.39, 0.29) is 18.0 Å². The first kappa shape index (κ1) is 17.9. The number of amides is 1. The Labute approximate surface area is 154 Å². The fourth-order valence-electron chi connectivity index (χ4n) is 3.43. The zero-order valence-corrected chi connectivity index (χ0v) is 15.5. The standard InChI is InChI=1S/C20H24ClN3O/c1-14-17(8-5-9-18(14)21)20(25)23-19-10-6-12-24(15(19)2)13-16-7-3-4-11-22-16/h3-5,7-9,11,15,19H,6,10,12-13H2,1-2H3,(H,23,25). The molecule has 5 heteroatoms. The van der Waals surface area contributed by atoms with E-state index in [0.717, 1.165) is 37.2 Å². The van der Waals surface area contributed by atoms with Gasteiger partial charge in [-0.05, 0) is 63.1 Å². The molecule has 132 valence electrons. The van der Waals surface area contributed by atoms with Gasteiger partial charge in [0, 0.05) is 35.4 Å². The third-order valence-corrected chi connectivity index (χ3v) is 5.45. The van der Waals surface area contributed by atoms with Crippen LogP contribution in [0, 0.1) is 6.92 Å². The first-order valence-electron chi connectivity index (χ1n) is 8.76. The van der Waals surface area contributed by atoms with E-state index >= 15 is 0 Å². The van der Waals surface area contributed by atoms with Crippen molar-refractivity contribution in [2.24, 2.45) is 0 Å². The van der Waals surface area contributed by atoms with Gasteiger partial charge in [0.2, 0.25) is 0 Å². The minimum atomic E-state index is -0.0449. The van der Waals surface area contributed by atoms with Crippen LogP contribution >= 0.6 is 11.6 Å². The average molecular weight is 358 g/mol. The van der Waals surface area contributed by atoms with Crippen LogP contribution in [0.1, 0.15) is 41.4 Å². The fraction of sp³-hybridized carbons (Fsp3) is 0.400. The highest BCUT2D eigenvalue weighted by atomic mass is 35.5. The third kappa shape index (κ3) is 4.20. The largest absolute Gasteiger partial charge is 0.348 e. The fourth-order valence-corrected chi connectivity index (χ4v) is 3.60. The molecule has 1 N–H and O–H groups in total. The van der Waals surface area contributed by atoms with Gasteiger partial charge in [0.1, 0.15) is 0 Å². The smallest absolute Gasteiger partial charge is 0.251 e. The van der Waals surface area contributed by atoms with E-state index < -0.39 is 0 Å². The lowest BCUT2D eigenvalue weighted by atomic mass is 9.96. The molecule has 0 bridgehead atoms. The molecule has 1 aliphatic rings. The number of nitrogens with zero attached hydrogens (tertiary/aromatic N) is 2. The van der Waals surface area contributed by atoms with Crippen molar-refractivity contribution < 1.29 is 4.79 Å². The van der Waals surface area contributed by atoms with Gasteiger partial charge in [0.25, 0.3) is 5.91 Å². The molecule has 0 radical (unpaired) electrons. The lowest BCUT2D eigenvalue weighted by Gasteiger charge is -2.39. The molecule has 0 spiro atoms. The maximum absolute atomic E-state index is 12.7. The van der Waals surface area contributed by atoms with Crippen molar-refractivity contribution in [2.45, 2.75) is 45.3 Å². The van der Waals surface area contributed by atoms with Crippen LogP contribution in [0.4, 0.5) is 0 Å². The van der Waals surface area contributed by atoms with Crippen LogP contribution in [0.15, 0.2) is 42.6 Å². The Bertz CT molecular complexity index is 735. The molecule has 1 fully saturated rings. The van der Waals surface area contributed by atoms with Gasteiger partial charge in [-0.1, -0.05) is 23.7 Å². The van der Waals surface area contributed by atoms with Gasteiger partial charge in [0.05, 0.1) is 5.69 Å². The number of benzene rings is 1. The SMILES string of the molecule is Cc1c(Cl)cccc1C(=O)NC1CCCN(Cc2ccccn2)C1C. The molecule has 1 saturated heterocycles. The van der Waals surface area contributed by atoms with Crippen LogP contribution in [0.25, 0.3) is 0 Å². The number of hydrogen-bond acceptors (Lipinski definition) is 3. The Balaban J connectivity index is 1.67. The van der Waals surface area contributed by atoms with Gasteiger partial charge in [-0.15, -0.1) is 0 Å². The lowest BCUT2D eigenvalue weighted by molar-refractivity contribution is 0.0812. The van der Waals surface area contributed by atoms with Crippen molar-refractivity contribution in [3.05, 3.63) is 64.4 Å². The van der Waals surface area contributed by atoms with Crippen LogP contribution in [-0.2, 0) is 6.54 Å². The average Bonchev–Trinajstić information content (AvgIpc) is 2.61. The van der Waals surface area contributed by atoms with E-state index in [4.69, 9.17) is 11.6 Å². The number of carbonyl (C=O) groups is 1. The molecule has 0 aliphatic carbocycles. The molecule has 4 nitrogen and oxygen atoms in total. The molecule has 1 aromatic carbocycles. The van der Waals surface area contributed by atoms with Crippen molar-refractivity contribution in [3.8, 4) is 0 Å². The third-order valence-electron chi connectivity index (χ3n) is 5.04. The summed E-state index contributed by atoms with van der Waals surface area (Å²) in [7, 11) is 0. The number of rotatable bonds is 4. The van der Waals surface area contributed by atoms with E-state index in [1.165, 1.54) is 0 Å². The van der Waals surface area contributed by atoms with Crippen molar-refractivity contribution in [2.75, 3.05) is 6.54 Å². The molecule has 3 rings (SSSR count). The summed E-state index contributed by atoms with van der Waals surface area (Å²) < 4.78 is 0. The van der Waals surface area contributed by atoms with Crippen LogP contribution in [0.3, 0.4) is 0 Å². The Morgan fingerprint density at radius 2 is 2.16 bits per heavy atom. The van der Waals surface area contributed by atoms with Crippen LogP contribution in [0.5, 0.6) is 0 Å². The Morgan fingerprint density at radius 3 is 2.92 bits per heavy atom. The Morgan fingerprint density at radius 1 is 1.32 bits per heavy atom. The number of hydrogen-bond donors (Lipinski definition) is 1. The van der Waals surface area contributed by atoms with Gasteiger partial charge >= 0.3 is 0 Å². The molecule has 25 heavy (non-hydrogen) atoms. The summed E-state index contributed by atoms with van der Waals surface area (Å²) in [6.07, 6.45) is 3.88. The summed E-state index contributed by atoms with van der Waals surface area (Å²) in [5, 5.41) is 3.84. The summed E-state index contributed by atoms with van der Waals surface area (Å²) in [5.74, 6) is -0.0449. The van der Waals surface area contributed by atoms with Gasteiger partial charge in [-0.25, -0.2) is 0 Å². The van der Waals surface area contributed by atoms with Gasteiger partial charge in [0.15, 0.2) is 0 Å². The predicted octanol–water partition coefficient (Wildman–Crippen LogP) is 3.83. The van der Waals surface area contributed by atoms with Crippen molar-refractivity contribution in [3.63, 3.8) is 0 Å². The van der Waals surface area contributed by atoms with Gasteiger partial charge < -0.3 is 5.32 Å². The second-order valence-corrected chi connectivity index (χ2v) is 7.07. The second kappa shape index (κ2) is 7.98. The topological polar surface area (TPSA) is 45.2 Å². The highest BCUT2D eigenvalue weighted by Crippen LogP contribution is 2.22. The minimum absolute atomic E-state index is 0.0449. The molecule has 2 heterocycles. The number of piperidine rings is 1. The summed E-state index contributed by atoms with van der Waals surface area (Å²) >= 11 is 6.15. The molecule has 2 atom stereocenters. The van der Waals surface area contributed by atoms with Gasteiger partial charge in [-0.2, -0.15) is 0 Å². The summed E-state index contributed by atoms with van der Waals surface area (Å²) in [6, 6.07) is 11.8. The molecule has 1 aromatic heterocycles. The number of nitrogens with one attached hydrogen (secondary N) is 1. The van der Waals surface area contributed by atoms with Crippen molar-refractivity contribution >= 4 is 17.5 Å². The van der Waals surface area contributed by atoms with E-state index in [9.17, 15) is 4.79 Å². The number of aromatic nitrogens is 1. The number of pyridine rings is 1. The first-order valence-corrected chi connectivity index (χ1v) is 9.14. The quantitative estimate of drug-likeness (QED) is 0.904. The summed E-state index contributed by atoms with van der Waals surface area (Å²) in [5.41, 5.74) is 2.55. The predicted molar refractivity (Wildman–Crippen MR) is 101 cm³/mol. The highest BCUT2D eigenvalue weighted by molar-refractivity contribution is 6.31. The first-order chi connectivity index (χ1) is 12.1. The Hall–Kier alpha value is -1.91. The van der Waals surface area contributed by atoms with Crippen LogP contribution in [-0.4, -0.2) is 34.4 Å². The molecular formula is C20H24ClN3O. The summed E-state index contributed by atoms with van der Waals surface area (Å²) in [6.45, 7) is 5.90. The van der Waals surface area contributed by atoms with Crippen molar-refractivity contribution in [1.29, 1.82) is 0 Å². The molecule has 2 unspecified atom stereocenters. The van der Waals surface area contributed by atoms with E-state index in [1.54, 1.807) is 0 Å². The molecule has 0 saturated carbocycles. The highest BCUT2D eigenvalue weighted by Gasteiger charge is 2.29.